The van der Waals surface area contributed by atoms with Crippen LogP contribution in [-0.2, 0) is 6.42 Å². The molecule has 0 fully saturated rings. The maximum atomic E-state index is 13.6. The lowest BCUT2D eigenvalue weighted by Gasteiger charge is -2.13. The molecule has 23 heavy (non-hydrogen) atoms. The molecular weight excluding hydrogens is 301 g/mol. The molecule has 2 rings (SSSR count). The van der Waals surface area contributed by atoms with E-state index >= 15 is 0 Å². The first-order chi connectivity index (χ1) is 10.9. The van der Waals surface area contributed by atoms with E-state index < -0.39 is 5.97 Å². The number of likely N-dealkylation sites (N-methyl/N-ethyl adjacent to an activating group) is 1. The summed E-state index contributed by atoms with van der Waals surface area (Å²) in [5.74, 6) is -1.30. The lowest BCUT2D eigenvalue weighted by molar-refractivity contribution is 0.0685. The summed E-state index contributed by atoms with van der Waals surface area (Å²) in [6.45, 7) is 2.84. The number of benzene rings is 1. The van der Waals surface area contributed by atoms with E-state index in [-0.39, 0.29) is 17.3 Å². The van der Waals surface area contributed by atoms with Gasteiger partial charge < -0.3 is 14.7 Å². The molecule has 0 atom stereocenters. The van der Waals surface area contributed by atoms with Gasteiger partial charge in [0, 0.05) is 6.54 Å². The molecule has 0 aliphatic rings. The second-order valence-corrected chi connectivity index (χ2v) is 5.35. The van der Waals surface area contributed by atoms with E-state index in [1.54, 1.807) is 13.0 Å². The van der Waals surface area contributed by atoms with Crippen molar-refractivity contribution in [2.24, 2.45) is 0 Å². The van der Waals surface area contributed by atoms with Gasteiger partial charge in [0.25, 0.3) is 0 Å². The number of carbonyl (C=O) groups is 1. The van der Waals surface area contributed by atoms with Gasteiger partial charge in [0.1, 0.15) is 5.82 Å². The Kier molecular flexibility index (Phi) is 5.33. The first kappa shape index (κ1) is 17.0. The highest BCUT2D eigenvalue weighted by Gasteiger charge is 2.19. The van der Waals surface area contributed by atoms with Gasteiger partial charge in [0.05, 0.1) is 18.5 Å². The van der Waals surface area contributed by atoms with Crippen molar-refractivity contribution in [2.45, 2.75) is 13.3 Å². The Morgan fingerprint density at radius 3 is 2.78 bits per heavy atom. The van der Waals surface area contributed by atoms with Crippen LogP contribution in [0.3, 0.4) is 0 Å². The van der Waals surface area contributed by atoms with E-state index in [0.29, 0.717) is 18.7 Å². The number of ether oxygens (including phenoxy) is 1. The Morgan fingerprint density at radius 2 is 2.17 bits per heavy atom. The minimum atomic E-state index is -1.16. The second kappa shape index (κ2) is 7.23. The molecule has 1 N–H and O–H groups in total. The molecule has 0 amide bonds. The molecule has 0 aliphatic heterocycles. The van der Waals surface area contributed by atoms with Gasteiger partial charge in [-0.05, 0) is 51.2 Å². The van der Waals surface area contributed by atoms with Crippen molar-refractivity contribution >= 4 is 5.97 Å². The fraction of sp³-hybridized carbons (Fsp3) is 0.375. The average molecular weight is 321 g/mol. The van der Waals surface area contributed by atoms with Crippen LogP contribution in [0.2, 0.25) is 0 Å². The normalized spacial score (nSPS) is 11.0. The molecule has 0 spiro atoms. The summed E-state index contributed by atoms with van der Waals surface area (Å²) in [7, 11) is 3.87. The van der Waals surface area contributed by atoms with Crippen molar-refractivity contribution in [3.63, 3.8) is 0 Å². The SMILES string of the molecule is CCOc1cn(-c2ccc(F)cc2CCN(C)C)nc1C(=O)O. The zero-order valence-corrected chi connectivity index (χ0v) is 13.4. The maximum Gasteiger partial charge on any atom is 0.360 e. The summed E-state index contributed by atoms with van der Waals surface area (Å²) < 4.78 is 20.3. The maximum absolute atomic E-state index is 13.6. The van der Waals surface area contributed by atoms with Crippen molar-refractivity contribution in [1.82, 2.24) is 14.7 Å². The van der Waals surface area contributed by atoms with Crippen LogP contribution >= 0.6 is 0 Å². The van der Waals surface area contributed by atoms with E-state index in [2.05, 4.69) is 5.10 Å². The summed E-state index contributed by atoms with van der Waals surface area (Å²) in [6, 6.07) is 4.37. The van der Waals surface area contributed by atoms with E-state index in [0.717, 1.165) is 12.1 Å². The highest BCUT2D eigenvalue weighted by atomic mass is 19.1. The van der Waals surface area contributed by atoms with E-state index in [1.807, 2.05) is 19.0 Å². The number of nitrogens with zero attached hydrogens (tertiary/aromatic N) is 3. The van der Waals surface area contributed by atoms with Gasteiger partial charge in [0.2, 0.25) is 5.69 Å². The number of halogens is 1. The molecule has 0 unspecified atom stereocenters. The highest BCUT2D eigenvalue weighted by Crippen LogP contribution is 2.23. The first-order valence-electron chi connectivity index (χ1n) is 7.31. The van der Waals surface area contributed by atoms with Gasteiger partial charge >= 0.3 is 5.97 Å². The molecule has 124 valence electrons. The lowest BCUT2D eigenvalue weighted by atomic mass is 10.1. The van der Waals surface area contributed by atoms with Crippen molar-refractivity contribution in [2.75, 3.05) is 27.2 Å². The van der Waals surface area contributed by atoms with Crippen LogP contribution in [0, 0.1) is 5.82 Å². The number of hydrogen-bond donors (Lipinski definition) is 1. The Labute approximate surface area is 134 Å². The predicted octanol–water partition coefficient (Wildman–Crippen LogP) is 2.21. The molecule has 0 radical (unpaired) electrons. The zero-order valence-electron chi connectivity index (χ0n) is 13.4. The van der Waals surface area contributed by atoms with Crippen LogP contribution in [-0.4, -0.2) is 53.0 Å². The summed E-state index contributed by atoms with van der Waals surface area (Å²) in [6.07, 6.45) is 2.13. The summed E-state index contributed by atoms with van der Waals surface area (Å²) >= 11 is 0. The van der Waals surface area contributed by atoms with Crippen molar-refractivity contribution in [3.8, 4) is 11.4 Å². The molecule has 0 saturated heterocycles. The number of aromatic nitrogens is 2. The summed E-state index contributed by atoms with van der Waals surface area (Å²) in [5.41, 5.74) is 1.23. The Bertz CT molecular complexity index is 698. The van der Waals surface area contributed by atoms with E-state index in [1.165, 1.54) is 23.0 Å². The molecule has 2 aromatic rings. The quantitative estimate of drug-likeness (QED) is 0.847. The number of rotatable bonds is 7. The molecule has 1 heterocycles. The summed E-state index contributed by atoms with van der Waals surface area (Å²) in [5, 5.41) is 13.3. The van der Waals surface area contributed by atoms with Crippen molar-refractivity contribution in [1.29, 1.82) is 0 Å². The monoisotopic (exact) mass is 321 g/mol. The highest BCUT2D eigenvalue weighted by molar-refractivity contribution is 5.88. The standard InChI is InChI=1S/C16H20FN3O3/c1-4-23-14-10-20(18-15(14)16(21)22)13-6-5-12(17)9-11(13)7-8-19(2)3/h5-6,9-10H,4,7-8H2,1-3H3,(H,21,22). The Hall–Kier alpha value is -2.41. The minimum absolute atomic E-state index is 0.158. The number of carboxylic acids is 1. The van der Waals surface area contributed by atoms with Crippen LogP contribution in [0.25, 0.3) is 5.69 Å². The van der Waals surface area contributed by atoms with Gasteiger partial charge in [-0.15, -0.1) is 0 Å². The molecule has 7 heteroatoms. The van der Waals surface area contributed by atoms with Crippen molar-refractivity contribution in [3.05, 3.63) is 41.5 Å². The second-order valence-electron chi connectivity index (χ2n) is 5.35. The third-order valence-electron chi connectivity index (χ3n) is 3.30. The van der Waals surface area contributed by atoms with Crippen LogP contribution in [0.15, 0.2) is 24.4 Å². The molecule has 0 bridgehead atoms. The van der Waals surface area contributed by atoms with E-state index in [4.69, 9.17) is 4.74 Å². The number of aromatic carboxylic acids is 1. The molecule has 1 aromatic heterocycles. The Morgan fingerprint density at radius 1 is 1.43 bits per heavy atom. The summed E-state index contributed by atoms with van der Waals surface area (Å²) in [4.78, 5) is 13.3. The Balaban J connectivity index is 2.44. The smallest absolute Gasteiger partial charge is 0.360 e. The average Bonchev–Trinajstić information content (AvgIpc) is 2.89. The molecule has 1 aromatic carbocycles. The predicted molar refractivity (Wildman–Crippen MR) is 83.9 cm³/mol. The third kappa shape index (κ3) is 4.07. The lowest BCUT2D eigenvalue weighted by Crippen LogP contribution is -2.16. The minimum Gasteiger partial charge on any atom is -0.490 e. The van der Waals surface area contributed by atoms with Gasteiger partial charge in [0.15, 0.2) is 5.75 Å². The van der Waals surface area contributed by atoms with Crippen LogP contribution < -0.4 is 4.74 Å². The first-order valence-corrected chi connectivity index (χ1v) is 7.31. The largest absolute Gasteiger partial charge is 0.490 e. The molecular formula is C16H20FN3O3. The fourth-order valence-corrected chi connectivity index (χ4v) is 2.21. The number of hydrogen-bond acceptors (Lipinski definition) is 4. The number of carboxylic acid groups (broad SMARTS) is 1. The fourth-order valence-electron chi connectivity index (χ4n) is 2.21. The van der Waals surface area contributed by atoms with Gasteiger partial charge in [-0.2, -0.15) is 5.10 Å². The third-order valence-corrected chi connectivity index (χ3v) is 3.30. The van der Waals surface area contributed by atoms with Gasteiger partial charge in [-0.1, -0.05) is 0 Å². The topological polar surface area (TPSA) is 67.6 Å². The van der Waals surface area contributed by atoms with Crippen LogP contribution in [0.1, 0.15) is 23.0 Å². The van der Waals surface area contributed by atoms with Gasteiger partial charge in [-0.25, -0.2) is 13.9 Å². The zero-order chi connectivity index (χ0) is 17.0. The molecule has 0 saturated carbocycles. The molecule has 0 aliphatic carbocycles. The van der Waals surface area contributed by atoms with Crippen LogP contribution in [0.4, 0.5) is 4.39 Å². The van der Waals surface area contributed by atoms with Crippen LogP contribution in [0.5, 0.6) is 5.75 Å². The van der Waals surface area contributed by atoms with Gasteiger partial charge in [-0.3, -0.25) is 0 Å². The van der Waals surface area contributed by atoms with Crippen molar-refractivity contribution < 1.29 is 19.0 Å². The molecule has 6 nitrogen and oxygen atoms in total. The van der Waals surface area contributed by atoms with E-state index in [9.17, 15) is 14.3 Å².